The molecule has 1 heterocycles. The third-order valence-electron chi connectivity index (χ3n) is 3.87. The summed E-state index contributed by atoms with van der Waals surface area (Å²) in [6, 6.07) is 2.51. The summed E-state index contributed by atoms with van der Waals surface area (Å²) in [6.45, 7) is 8.26. The zero-order valence-corrected chi connectivity index (χ0v) is 11.8. The van der Waals surface area contributed by atoms with Crippen molar-refractivity contribution in [2.45, 2.75) is 64.0 Å². The molecule has 1 fully saturated rings. The van der Waals surface area contributed by atoms with Crippen molar-refractivity contribution in [1.82, 2.24) is 4.90 Å². The zero-order valence-electron chi connectivity index (χ0n) is 11.8. The van der Waals surface area contributed by atoms with E-state index < -0.39 is 5.54 Å². The van der Waals surface area contributed by atoms with Gasteiger partial charge in [0.25, 0.3) is 0 Å². The van der Waals surface area contributed by atoms with Gasteiger partial charge in [0, 0.05) is 13.5 Å². The highest BCUT2D eigenvalue weighted by Gasteiger charge is 2.37. The SMILES string of the molecule is COC(C)(C)CC(C)(C#N)N1CCCCCC1. The minimum Gasteiger partial charge on any atom is -0.379 e. The maximum Gasteiger partial charge on any atom is 0.109 e. The van der Waals surface area contributed by atoms with Crippen LogP contribution < -0.4 is 0 Å². The first-order valence-electron chi connectivity index (χ1n) is 6.65. The van der Waals surface area contributed by atoms with Crippen molar-refractivity contribution in [3.8, 4) is 6.07 Å². The number of hydrogen-bond acceptors (Lipinski definition) is 3. The lowest BCUT2D eigenvalue weighted by Gasteiger charge is -2.40. The lowest BCUT2D eigenvalue weighted by molar-refractivity contribution is -0.0207. The van der Waals surface area contributed by atoms with Crippen molar-refractivity contribution in [2.24, 2.45) is 0 Å². The second-order valence-electron chi connectivity index (χ2n) is 5.93. The summed E-state index contributed by atoms with van der Waals surface area (Å²) in [5.41, 5.74) is -0.638. The molecular formula is C14H26N2O. The Labute approximate surface area is 106 Å². The topological polar surface area (TPSA) is 36.3 Å². The van der Waals surface area contributed by atoms with Gasteiger partial charge in [0.05, 0.1) is 11.7 Å². The highest BCUT2D eigenvalue weighted by Crippen LogP contribution is 2.29. The number of nitriles is 1. The number of likely N-dealkylation sites (tertiary alicyclic amines) is 1. The van der Waals surface area contributed by atoms with Crippen LogP contribution in [0, 0.1) is 11.3 Å². The van der Waals surface area contributed by atoms with Gasteiger partial charge in [-0.3, -0.25) is 4.90 Å². The molecule has 3 heteroatoms. The molecule has 0 saturated carbocycles. The first-order valence-corrected chi connectivity index (χ1v) is 6.65. The molecule has 17 heavy (non-hydrogen) atoms. The molecule has 0 spiro atoms. The first-order chi connectivity index (χ1) is 7.93. The van der Waals surface area contributed by atoms with Crippen molar-refractivity contribution < 1.29 is 4.74 Å². The molecule has 0 N–H and O–H groups in total. The van der Waals surface area contributed by atoms with Crippen molar-refractivity contribution in [1.29, 1.82) is 5.26 Å². The molecule has 0 amide bonds. The van der Waals surface area contributed by atoms with Gasteiger partial charge in [-0.1, -0.05) is 12.8 Å². The van der Waals surface area contributed by atoms with E-state index in [-0.39, 0.29) is 5.60 Å². The number of hydrogen-bond donors (Lipinski definition) is 0. The van der Waals surface area contributed by atoms with Crippen LogP contribution >= 0.6 is 0 Å². The van der Waals surface area contributed by atoms with E-state index in [4.69, 9.17) is 4.74 Å². The second-order valence-corrected chi connectivity index (χ2v) is 5.93. The van der Waals surface area contributed by atoms with Gasteiger partial charge in [0.1, 0.15) is 5.54 Å². The lowest BCUT2D eigenvalue weighted by atomic mass is 9.87. The van der Waals surface area contributed by atoms with E-state index in [1.807, 2.05) is 0 Å². The highest BCUT2D eigenvalue weighted by atomic mass is 16.5. The lowest BCUT2D eigenvalue weighted by Crippen LogP contribution is -2.50. The Morgan fingerprint density at radius 3 is 2.06 bits per heavy atom. The van der Waals surface area contributed by atoms with Crippen molar-refractivity contribution >= 4 is 0 Å². The van der Waals surface area contributed by atoms with E-state index in [9.17, 15) is 5.26 Å². The maximum absolute atomic E-state index is 9.54. The van der Waals surface area contributed by atoms with Crippen molar-refractivity contribution in [2.75, 3.05) is 20.2 Å². The van der Waals surface area contributed by atoms with Crippen molar-refractivity contribution in [3.63, 3.8) is 0 Å². The average molecular weight is 238 g/mol. The van der Waals surface area contributed by atoms with Gasteiger partial charge in [-0.05, 0) is 46.7 Å². The molecule has 0 aliphatic carbocycles. The van der Waals surface area contributed by atoms with Crippen LogP contribution in [0.3, 0.4) is 0 Å². The summed E-state index contributed by atoms with van der Waals surface area (Å²) >= 11 is 0. The molecule has 0 radical (unpaired) electrons. The van der Waals surface area contributed by atoms with Crippen LogP contribution in [0.25, 0.3) is 0 Å². The van der Waals surface area contributed by atoms with Gasteiger partial charge in [0.2, 0.25) is 0 Å². The Morgan fingerprint density at radius 1 is 1.12 bits per heavy atom. The largest absolute Gasteiger partial charge is 0.379 e. The van der Waals surface area contributed by atoms with E-state index in [1.165, 1.54) is 25.7 Å². The average Bonchev–Trinajstić information content (AvgIpc) is 2.57. The van der Waals surface area contributed by atoms with E-state index in [1.54, 1.807) is 7.11 Å². The Bertz CT molecular complexity index is 274. The van der Waals surface area contributed by atoms with Crippen LogP contribution in [-0.2, 0) is 4.74 Å². The summed E-state index contributed by atoms with van der Waals surface area (Å²) in [5.74, 6) is 0. The molecule has 98 valence electrons. The number of nitrogens with zero attached hydrogens (tertiary/aromatic N) is 2. The molecule has 0 aromatic heterocycles. The van der Waals surface area contributed by atoms with Crippen LogP contribution in [0.2, 0.25) is 0 Å². The van der Waals surface area contributed by atoms with Gasteiger partial charge in [-0.2, -0.15) is 5.26 Å². The standard InChI is InChI=1S/C14H26N2O/c1-13(2,17-4)11-14(3,12-15)16-9-7-5-6-8-10-16/h5-11H2,1-4H3. The van der Waals surface area contributed by atoms with Crippen LogP contribution in [0.15, 0.2) is 0 Å². The smallest absolute Gasteiger partial charge is 0.109 e. The van der Waals surface area contributed by atoms with Gasteiger partial charge in [-0.25, -0.2) is 0 Å². The van der Waals surface area contributed by atoms with E-state index in [0.717, 1.165) is 19.5 Å². The summed E-state index contributed by atoms with van der Waals surface area (Å²) in [6.07, 6.45) is 5.78. The fourth-order valence-corrected chi connectivity index (χ4v) is 2.69. The van der Waals surface area contributed by atoms with Gasteiger partial charge >= 0.3 is 0 Å². The van der Waals surface area contributed by atoms with Crippen molar-refractivity contribution in [3.05, 3.63) is 0 Å². The Morgan fingerprint density at radius 2 is 1.65 bits per heavy atom. The monoisotopic (exact) mass is 238 g/mol. The van der Waals surface area contributed by atoms with Gasteiger partial charge in [-0.15, -0.1) is 0 Å². The van der Waals surface area contributed by atoms with Crippen LogP contribution in [-0.4, -0.2) is 36.2 Å². The molecular weight excluding hydrogens is 212 g/mol. The summed E-state index contributed by atoms with van der Waals surface area (Å²) in [5, 5.41) is 9.54. The molecule has 1 saturated heterocycles. The fraction of sp³-hybridized carbons (Fsp3) is 0.929. The number of rotatable bonds is 4. The third-order valence-corrected chi connectivity index (χ3v) is 3.87. The molecule has 1 rings (SSSR count). The molecule has 1 aliphatic heterocycles. The molecule has 0 aromatic carbocycles. The molecule has 3 nitrogen and oxygen atoms in total. The molecule has 1 aliphatic rings. The quantitative estimate of drug-likeness (QED) is 0.755. The van der Waals surface area contributed by atoms with Crippen LogP contribution in [0.1, 0.15) is 52.9 Å². The summed E-state index contributed by atoms with van der Waals surface area (Å²) < 4.78 is 5.48. The first kappa shape index (κ1) is 14.5. The molecule has 0 aromatic rings. The minimum atomic E-state index is -0.399. The normalized spacial score (nSPS) is 22.5. The minimum absolute atomic E-state index is 0.239. The van der Waals surface area contributed by atoms with E-state index in [0.29, 0.717) is 0 Å². The van der Waals surface area contributed by atoms with Crippen LogP contribution in [0.5, 0.6) is 0 Å². The summed E-state index contributed by atoms with van der Waals surface area (Å²) in [4.78, 5) is 2.35. The van der Waals surface area contributed by atoms with E-state index >= 15 is 0 Å². The third kappa shape index (κ3) is 3.97. The number of methoxy groups -OCH3 is 1. The van der Waals surface area contributed by atoms with Crippen LogP contribution in [0.4, 0.5) is 0 Å². The number of ether oxygens (including phenoxy) is 1. The predicted octanol–water partition coefficient (Wildman–Crippen LogP) is 2.96. The molecule has 0 bridgehead atoms. The Balaban J connectivity index is 2.76. The molecule has 1 unspecified atom stereocenters. The van der Waals surface area contributed by atoms with Gasteiger partial charge in [0.15, 0.2) is 0 Å². The summed E-state index contributed by atoms with van der Waals surface area (Å²) in [7, 11) is 1.72. The maximum atomic E-state index is 9.54. The second kappa shape index (κ2) is 5.84. The Kier molecular flexibility index (Phi) is 4.97. The molecule has 1 atom stereocenters. The predicted molar refractivity (Wildman–Crippen MR) is 69.8 cm³/mol. The highest BCUT2D eigenvalue weighted by molar-refractivity contribution is 5.08. The Hall–Kier alpha value is -0.590. The zero-order chi connectivity index (χ0) is 12.9. The fourth-order valence-electron chi connectivity index (χ4n) is 2.69. The van der Waals surface area contributed by atoms with Gasteiger partial charge < -0.3 is 4.74 Å². The van der Waals surface area contributed by atoms with E-state index in [2.05, 4.69) is 31.7 Å².